The third kappa shape index (κ3) is 4.20. The summed E-state index contributed by atoms with van der Waals surface area (Å²) in [6, 6.07) is 3.76. The molecule has 0 radical (unpaired) electrons. The van der Waals surface area contributed by atoms with Crippen molar-refractivity contribution in [3.8, 4) is 6.07 Å². The Morgan fingerprint density at radius 3 is 2.76 bits per heavy atom. The molecule has 3 unspecified atom stereocenters. The third-order valence-corrected chi connectivity index (χ3v) is 5.52. The number of hydrogen-bond acceptors (Lipinski definition) is 3. The van der Waals surface area contributed by atoms with E-state index in [2.05, 4.69) is 37.1 Å². The molecule has 120 valence electrons. The Bertz CT molecular complexity index is 360. The van der Waals surface area contributed by atoms with Gasteiger partial charge in [0.15, 0.2) is 0 Å². The van der Waals surface area contributed by atoms with Gasteiger partial charge in [-0.15, -0.1) is 0 Å². The van der Waals surface area contributed by atoms with Crippen LogP contribution in [-0.2, 0) is 0 Å². The molecule has 1 saturated carbocycles. The van der Waals surface area contributed by atoms with E-state index in [0.29, 0.717) is 12.0 Å². The Balaban J connectivity index is 1.93. The van der Waals surface area contributed by atoms with E-state index in [9.17, 15) is 5.26 Å². The predicted molar refractivity (Wildman–Crippen MR) is 88.1 cm³/mol. The Morgan fingerprint density at radius 2 is 2.05 bits per heavy atom. The van der Waals surface area contributed by atoms with E-state index in [0.717, 1.165) is 12.5 Å². The maximum absolute atomic E-state index is 9.74. The van der Waals surface area contributed by atoms with Crippen LogP contribution < -0.4 is 5.32 Å². The van der Waals surface area contributed by atoms with Crippen LogP contribution in [-0.4, -0.2) is 35.6 Å². The fraction of sp³-hybridized carbons (Fsp3) is 0.944. The summed E-state index contributed by atoms with van der Waals surface area (Å²) in [6.45, 7) is 9.13. The highest BCUT2D eigenvalue weighted by Crippen LogP contribution is 2.38. The summed E-state index contributed by atoms with van der Waals surface area (Å²) < 4.78 is 0. The summed E-state index contributed by atoms with van der Waals surface area (Å²) in [5, 5.41) is 13.3. The molecular weight excluding hydrogens is 258 g/mol. The fourth-order valence-corrected chi connectivity index (χ4v) is 4.34. The number of hydrogen-bond donors (Lipinski definition) is 1. The van der Waals surface area contributed by atoms with E-state index < -0.39 is 0 Å². The van der Waals surface area contributed by atoms with Crippen LogP contribution in [0.5, 0.6) is 0 Å². The van der Waals surface area contributed by atoms with Crippen LogP contribution in [0.1, 0.15) is 72.1 Å². The second-order valence-electron chi connectivity index (χ2n) is 7.49. The van der Waals surface area contributed by atoms with Gasteiger partial charge in [0.1, 0.15) is 5.54 Å². The van der Waals surface area contributed by atoms with Crippen molar-refractivity contribution >= 4 is 0 Å². The second-order valence-corrected chi connectivity index (χ2v) is 7.49. The fourth-order valence-electron chi connectivity index (χ4n) is 4.34. The van der Waals surface area contributed by atoms with Crippen LogP contribution in [0.4, 0.5) is 0 Å². The summed E-state index contributed by atoms with van der Waals surface area (Å²) in [6.07, 6.45) is 10.1. The molecule has 3 heteroatoms. The number of nitriles is 1. The van der Waals surface area contributed by atoms with E-state index in [4.69, 9.17) is 0 Å². The van der Waals surface area contributed by atoms with Crippen LogP contribution in [0.3, 0.4) is 0 Å². The Kier molecular flexibility index (Phi) is 6.08. The molecule has 21 heavy (non-hydrogen) atoms. The third-order valence-electron chi connectivity index (χ3n) is 5.52. The zero-order valence-electron chi connectivity index (χ0n) is 14.2. The minimum atomic E-state index is -0.261. The van der Waals surface area contributed by atoms with Gasteiger partial charge in [-0.25, -0.2) is 0 Å². The first-order valence-electron chi connectivity index (χ1n) is 9.00. The summed E-state index contributed by atoms with van der Waals surface area (Å²) in [5.41, 5.74) is -0.261. The van der Waals surface area contributed by atoms with Gasteiger partial charge in [0.05, 0.1) is 6.07 Å². The lowest BCUT2D eigenvalue weighted by atomic mass is 9.85. The molecule has 3 nitrogen and oxygen atoms in total. The number of nitrogens with one attached hydrogen (secondary N) is 1. The van der Waals surface area contributed by atoms with E-state index in [1.165, 1.54) is 58.0 Å². The Hall–Kier alpha value is -0.590. The SMILES string of the molecule is CC(C)NC1(C#N)CCCC1CCN1CCCCCC1C. The highest BCUT2D eigenvalue weighted by molar-refractivity contribution is 5.14. The largest absolute Gasteiger partial charge is 0.301 e. The van der Waals surface area contributed by atoms with Gasteiger partial charge in [-0.05, 0) is 71.9 Å². The topological polar surface area (TPSA) is 39.1 Å². The van der Waals surface area contributed by atoms with E-state index in [1.54, 1.807) is 0 Å². The molecule has 2 rings (SSSR count). The molecule has 1 aliphatic carbocycles. The minimum Gasteiger partial charge on any atom is -0.301 e. The highest BCUT2D eigenvalue weighted by atomic mass is 15.1. The monoisotopic (exact) mass is 291 g/mol. The highest BCUT2D eigenvalue weighted by Gasteiger charge is 2.43. The van der Waals surface area contributed by atoms with Gasteiger partial charge in [-0.3, -0.25) is 5.32 Å². The summed E-state index contributed by atoms with van der Waals surface area (Å²) >= 11 is 0. The molecule has 2 aliphatic rings. The minimum absolute atomic E-state index is 0.261. The van der Waals surface area contributed by atoms with Crippen molar-refractivity contribution < 1.29 is 0 Å². The molecular formula is C18H33N3. The van der Waals surface area contributed by atoms with Crippen LogP contribution >= 0.6 is 0 Å². The van der Waals surface area contributed by atoms with Crippen LogP contribution in [0, 0.1) is 17.2 Å². The Labute approximate surface area is 131 Å². The number of likely N-dealkylation sites (tertiary alicyclic amines) is 1. The molecule has 0 amide bonds. The van der Waals surface area contributed by atoms with Crippen LogP contribution in [0.15, 0.2) is 0 Å². The molecule has 1 saturated heterocycles. The predicted octanol–water partition coefficient (Wildman–Crippen LogP) is 3.70. The first-order valence-corrected chi connectivity index (χ1v) is 9.00. The smallest absolute Gasteiger partial charge is 0.109 e. The van der Waals surface area contributed by atoms with Gasteiger partial charge in [0.25, 0.3) is 0 Å². The molecule has 0 aromatic carbocycles. The molecule has 0 spiro atoms. The molecule has 1 aliphatic heterocycles. The zero-order chi connectivity index (χ0) is 15.3. The van der Waals surface area contributed by atoms with Gasteiger partial charge >= 0.3 is 0 Å². The van der Waals surface area contributed by atoms with Gasteiger partial charge < -0.3 is 4.90 Å². The summed E-state index contributed by atoms with van der Waals surface area (Å²) in [4.78, 5) is 2.67. The molecule has 0 bridgehead atoms. The maximum atomic E-state index is 9.74. The van der Waals surface area contributed by atoms with Crippen LogP contribution in [0.2, 0.25) is 0 Å². The molecule has 1 heterocycles. The first kappa shape index (κ1) is 16.8. The van der Waals surface area contributed by atoms with Gasteiger partial charge in [-0.1, -0.05) is 19.3 Å². The van der Waals surface area contributed by atoms with Crippen molar-refractivity contribution in [3.05, 3.63) is 0 Å². The average Bonchev–Trinajstić information content (AvgIpc) is 2.72. The molecule has 1 N–H and O–H groups in total. The van der Waals surface area contributed by atoms with E-state index >= 15 is 0 Å². The van der Waals surface area contributed by atoms with Crippen molar-refractivity contribution in [2.24, 2.45) is 5.92 Å². The molecule has 0 aromatic heterocycles. The lowest BCUT2D eigenvalue weighted by Gasteiger charge is -2.34. The lowest BCUT2D eigenvalue weighted by molar-refractivity contribution is 0.180. The van der Waals surface area contributed by atoms with Crippen LogP contribution in [0.25, 0.3) is 0 Å². The van der Waals surface area contributed by atoms with Crippen molar-refractivity contribution in [1.82, 2.24) is 10.2 Å². The number of rotatable bonds is 5. The maximum Gasteiger partial charge on any atom is 0.109 e. The van der Waals surface area contributed by atoms with Gasteiger partial charge in [-0.2, -0.15) is 5.26 Å². The standard InChI is InChI=1S/C18H33N3/c1-15(2)20-18(14-19)11-7-9-17(18)10-13-21-12-6-4-5-8-16(21)3/h15-17,20H,4-13H2,1-3H3. The summed E-state index contributed by atoms with van der Waals surface area (Å²) in [7, 11) is 0. The normalized spacial score (nSPS) is 34.8. The van der Waals surface area contributed by atoms with E-state index in [-0.39, 0.29) is 5.54 Å². The summed E-state index contributed by atoms with van der Waals surface area (Å²) in [5.74, 6) is 0.528. The first-order chi connectivity index (χ1) is 10.1. The number of nitrogens with zero attached hydrogens (tertiary/aromatic N) is 2. The molecule has 3 atom stereocenters. The van der Waals surface area contributed by atoms with Crippen molar-refractivity contribution in [2.75, 3.05) is 13.1 Å². The second kappa shape index (κ2) is 7.61. The average molecular weight is 291 g/mol. The van der Waals surface area contributed by atoms with Crippen molar-refractivity contribution in [3.63, 3.8) is 0 Å². The van der Waals surface area contributed by atoms with Gasteiger partial charge in [0, 0.05) is 12.1 Å². The quantitative estimate of drug-likeness (QED) is 0.839. The molecule has 0 aromatic rings. The lowest BCUT2D eigenvalue weighted by Crippen LogP contribution is -2.51. The van der Waals surface area contributed by atoms with Crippen molar-refractivity contribution in [1.29, 1.82) is 5.26 Å². The molecule has 2 fully saturated rings. The van der Waals surface area contributed by atoms with E-state index in [1.807, 2.05) is 0 Å². The Morgan fingerprint density at radius 1 is 1.24 bits per heavy atom. The zero-order valence-corrected chi connectivity index (χ0v) is 14.2. The van der Waals surface area contributed by atoms with Crippen molar-refractivity contribution in [2.45, 2.75) is 89.8 Å². The van der Waals surface area contributed by atoms with Gasteiger partial charge in [0.2, 0.25) is 0 Å².